The highest BCUT2D eigenvalue weighted by Gasteiger charge is 2.33. The molecule has 174 valence electrons. The van der Waals surface area contributed by atoms with E-state index in [0.717, 1.165) is 0 Å². The molecule has 1 aliphatic rings. The minimum Gasteiger partial charge on any atom is -0.468 e. The zero-order chi connectivity index (χ0) is 23.9. The van der Waals surface area contributed by atoms with Gasteiger partial charge in [0.1, 0.15) is 17.6 Å². The number of aromatic amines is 1. The molecule has 0 aliphatic carbocycles. The molecule has 33 heavy (non-hydrogen) atoms. The molecule has 1 amide bonds. The summed E-state index contributed by atoms with van der Waals surface area (Å²) in [6.07, 6.45) is 0.467. The first-order valence-electron chi connectivity index (χ1n) is 10.8. The van der Waals surface area contributed by atoms with Crippen LogP contribution in [0.5, 0.6) is 5.88 Å². The molecule has 4 rings (SSSR count). The summed E-state index contributed by atoms with van der Waals surface area (Å²) in [5.41, 5.74) is 1.07. The van der Waals surface area contributed by atoms with Crippen molar-refractivity contribution in [1.29, 1.82) is 0 Å². The van der Waals surface area contributed by atoms with Gasteiger partial charge in [0.15, 0.2) is 5.52 Å². The van der Waals surface area contributed by atoms with Crippen molar-refractivity contribution in [3.63, 3.8) is 0 Å². The number of aliphatic hydroxyl groups is 1. The number of hydrogen-bond acceptors (Lipinski definition) is 7. The summed E-state index contributed by atoms with van der Waals surface area (Å²) in [5.74, 6) is 0.669. The normalized spacial score (nSPS) is 21.8. The zero-order valence-electron chi connectivity index (χ0n) is 18.9. The van der Waals surface area contributed by atoms with Gasteiger partial charge in [0, 0.05) is 25.4 Å². The number of piperidine rings is 1. The number of fused-ring (bicyclic) bond motifs is 1. The molecule has 3 aromatic heterocycles. The Morgan fingerprint density at radius 2 is 1.97 bits per heavy atom. The molecule has 1 saturated heterocycles. The van der Waals surface area contributed by atoms with Crippen LogP contribution >= 0.6 is 11.6 Å². The summed E-state index contributed by atoms with van der Waals surface area (Å²) >= 11 is 6.37. The van der Waals surface area contributed by atoms with Crippen LogP contribution in [-0.4, -0.2) is 55.0 Å². The first kappa shape index (κ1) is 23.1. The first-order valence-corrected chi connectivity index (χ1v) is 11.2. The number of H-pyrrole nitrogens is 1. The van der Waals surface area contributed by atoms with Crippen LogP contribution in [0.15, 0.2) is 29.2 Å². The quantitative estimate of drug-likeness (QED) is 0.600. The molecule has 10 heteroatoms. The van der Waals surface area contributed by atoms with Crippen molar-refractivity contribution in [2.24, 2.45) is 11.8 Å². The van der Waals surface area contributed by atoms with Crippen LogP contribution in [0.1, 0.15) is 48.8 Å². The van der Waals surface area contributed by atoms with E-state index in [9.17, 15) is 14.7 Å². The second-order valence-corrected chi connectivity index (χ2v) is 9.08. The van der Waals surface area contributed by atoms with E-state index in [-0.39, 0.29) is 28.8 Å². The van der Waals surface area contributed by atoms with E-state index in [2.05, 4.69) is 19.9 Å². The molecule has 1 fully saturated rings. The molecule has 0 bridgehead atoms. The van der Waals surface area contributed by atoms with Crippen LogP contribution in [0.4, 0.5) is 0 Å². The second-order valence-electron chi connectivity index (χ2n) is 8.67. The lowest BCUT2D eigenvalue weighted by atomic mass is 9.88. The van der Waals surface area contributed by atoms with Crippen LogP contribution in [0.2, 0.25) is 5.02 Å². The van der Waals surface area contributed by atoms with Gasteiger partial charge in [0.25, 0.3) is 11.5 Å². The van der Waals surface area contributed by atoms with Crippen molar-refractivity contribution in [3.05, 3.63) is 56.9 Å². The predicted molar refractivity (Wildman–Crippen MR) is 123 cm³/mol. The third-order valence-electron chi connectivity index (χ3n) is 5.92. The number of carbonyl (C=O) groups is 1. The number of nitrogens with one attached hydrogen (secondary N) is 1. The smallest absolute Gasteiger partial charge is 0.277 e. The minimum absolute atomic E-state index is 0.0136. The van der Waals surface area contributed by atoms with E-state index in [0.29, 0.717) is 46.6 Å². The van der Waals surface area contributed by atoms with Crippen LogP contribution in [0.3, 0.4) is 0 Å². The molecule has 0 radical (unpaired) electrons. The summed E-state index contributed by atoms with van der Waals surface area (Å²) in [6.45, 7) is 8.31. The van der Waals surface area contributed by atoms with Gasteiger partial charge in [-0.05, 0) is 37.8 Å². The van der Waals surface area contributed by atoms with E-state index in [4.69, 9.17) is 16.3 Å². The number of rotatable bonds is 4. The molecular formula is C23H26ClN5O4. The summed E-state index contributed by atoms with van der Waals surface area (Å²) in [5, 5.41) is 10.5. The predicted octanol–water partition coefficient (Wildman–Crippen LogP) is 2.90. The number of aromatic nitrogens is 4. The number of hydrogen-bond donors (Lipinski definition) is 2. The maximum atomic E-state index is 12.9. The highest BCUT2D eigenvalue weighted by Crippen LogP contribution is 2.27. The summed E-state index contributed by atoms with van der Waals surface area (Å²) in [4.78, 5) is 42.4. The van der Waals surface area contributed by atoms with Gasteiger partial charge in [0.05, 0.1) is 22.2 Å². The van der Waals surface area contributed by atoms with E-state index in [1.807, 2.05) is 13.8 Å². The van der Waals surface area contributed by atoms with Crippen molar-refractivity contribution in [1.82, 2.24) is 24.8 Å². The number of carbonyl (C=O) groups excluding carboxylic acids is 1. The molecule has 9 nitrogen and oxygen atoms in total. The van der Waals surface area contributed by atoms with Crippen molar-refractivity contribution >= 4 is 28.5 Å². The fraction of sp³-hybridized carbons (Fsp3) is 0.435. The number of aliphatic hydroxyl groups excluding tert-OH is 1. The SMILES string of the molecule is Cc1nc2cc(Cl)c(C(C)Oc3ccc(C(=O)N4CC(C)C(O)C(C)C4)cn3)nc2c(=O)[nH]1. The molecule has 3 aromatic rings. The molecule has 0 spiro atoms. The molecule has 4 heterocycles. The van der Waals surface area contributed by atoms with Crippen molar-refractivity contribution in [2.75, 3.05) is 13.1 Å². The molecule has 2 N–H and O–H groups in total. The fourth-order valence-electron chi connectivity index (χ4n) is 4.17. The maximum Gasteiger partial charge on any atom is 0.277 e. The zero-order valence-corrected chi connectivity index (χ0v) is 19.6. The van der Waals surface area contributed by atoms with Gasteiger partial charge in [-0.3, -0.25) is 9.59 Å². The number of aryl methyl sites for hydroxylation is 1. The number of nitrogens with zero attached hydrogens (tertiary/aromatic N) is 4. The number of likely N-dealkylation sites (tertiary alicyclic amines) is 1. The molecule has 1 aliphatic heterocycles. The molecular weight excluding hydrogens is 446 g/mol. The van der Waals surface area contributed by atoms with Gasteiger partial charge in [0.2, 0.25) is 5.88 Å². The molecule has 0 saturated carbocycles. The lowest BCUT2D eigenvalue weighted by molar-refractivity contribution is -0.00352. The Hall–Kier alpha value is -3.04. The average molecular weight is 472 g/mol. The van der Waals surface area contributed by atoms with Crippen molar-refractivity contribution < 1.29 is 14.6 Å². The van der Waals surface area contributed by atoms with Gasteiger partial charge in [-0.1, -0.05) is 25.4 Å². The van der Waals surface area contributed by atoms with E-state index in [1.54, 1.807) is 36.9 Å². The number of ether oxygens (including phenoxy) is 1. The average Bonchev–Trinajstić information content (AvgIpc) is 2.76. The molecule has 3 unspecified atom stereocenters. The lowest BCUT2D eigenvalue weighted by Gasteiger charge is -2.38. The lowest BCUT2D eigenvalue weighted by Crippen LogP contribution is -2.49. The van der Waals surface area contributed by atoms with Crippen LogP contribution in [0.25, 0.3) is 11.0 Å². The summed E-state index contributed by atoms with van der Waals surface area (Å²) in [6, 6.07) is 4.86. The van der Waals surface area contributed by atoms with Gasteiger partial charge < -0.3 is 19.7 Å². The van der Waals surface area contributed by atoms with E-state index in [1.165, 1.54) is 6.20 Å². The Labute approximate surface area is 195 Å². The minimum atomic E-state index is -0.595. The second kappa shape index (κ2) is 9.07. The fourth-order valence-corrected chi connectivity index (χ4v) is 4.47. The maximum absolute atomic E-state index is 12.9. The number of pyridine rings is 2. The Kier molecular flexibility index (Phi) is 6.36. The highest BCUT2D eigenvalue weighted by atomic mass is 35.5. The monoisotopic (exact) mass is 471 g/mol. The van der Waals surface area contributed by atoms with Crippen molar-refractivity contribution in [3.8, 4) is 5.88 Å². The number of halogens is 1. The Balaban J connectivity index is 1.50. The van der Waals surface area contributed by atoms with Crippen LogP contribution in [0, 0.1) is 18.8 Å². The summed E-state index contributed by atoms with van der Waals surface area (Å²) < 4.78 is 5.87. The van der Waals surface area contributed by atoms with E-state index >= 15 is 0 Å². The topological polar surface area (TPSA) is 121 Å². The van der Waals surface area contributed by atoms with Gasteiger partial charge >= 0.3 is 0 Å². The Bertz CT molecular complexity index is 1230. The first-order chi connectivity index (χ1) is 15.6. The van der Waals surface area contributed by atoms with Crippen LogP contribution in [-0.2, 0) is 0 Å². The summed E-state index contributed by atoms with van der Waals surface area (Å²) in [7, 11) is 0. The Morgan fingerprint density at radius 1 is 1.27 bits per heavy atom. The third kappa shape index (κ3) is 4.69. The Morgan fingerprint density at radius 3 is 2.61 bits per heavy atom. The van der Waals surface area contributed by atoms with E-state index < -0.39 is 12.2 Å². The van der Waals surface area contributed by atoms with Gasteiger partial charge in [-0.15, -0.1) is 0 Å². The highest BCUT2D eigenvalue weighted by molar-refractivity contribution is 6.31. The van der Waals surface area contributed by atoms with Crippen molar-refractivity contribution in [2.45, 2.75) is 39.9 Å². The molecule has 3 atom stereocenters. The number of amides is 1. The third-order valence-corrected chi connectivity index (χ3v) is 6.22. The standard InChI is InChI=1S/C23H26ClN5O4/c1-11-9-29(10-12(2)21(11)30)23(32)15-5-6-18(25-8-15)33-13(3)19-16(24)7-17-20(28-19)22(31)27-14(4)26-17/h5-8,11-13,21,30H,9-10H2,1-4H3,(H,26,27,31). The molecule has 0 aromatic carbocycles. The van der Waals surface area contributed by atoms with Crippen LogP contribution < -0.4 is 10.3 Å². The van der Waals surface area contributed by atoms with Gasteiger partial charge in [-0.25, -0.2) is 15.0 Å². The van der Waals surface area contributed by atoms with Gasteiger partial charge in [-0.2, -0.15) is 0 Å². The largest absolute Gasteiger partial charge is 0.468 e.